The van der Waals surface area contributed by atoms with Crippen molar-refractivity contribution in [1.82, 2.24) is 4.57 Å². The number of fused-ring (bicyclic) bond motifs is 6. The van der Waals surface area contributed by atoms with Gasteiger partial charge in [-0.25, -0.2) is 0 Å². The number of hydrogen-bond donors (Lipinski definition) is 0. The largest absolute Gasteiger partial charge is 0.456 e. The normalized spacial score (nSPS) is 11.5. The average Bonchev–Trinajstić information content (AvgIpc) is 4.02. The molecule has 0 fully saturated rings. The van der Waals surface area contributed by atoms with Crippen molar-refractivity contribution in [3.63, 3.8) is 0 Å². The highest BCUT2D eigenvalue weighted by Gasteiger charge is 2.17. The number of para-hydroxylation sites is 1. The van der Waals surface area contributed by atoms with Crippen molar-refractivity contribution in [1.29, 1.82) is 0 Å². The number of aromatic nitrogens is 1. The Bertz CT molecular complexity index is 4420. The monoisotopic (exact) mass is 941 g/mol. The van der Waals surface area contributed by atoms with Crippen LogP contribution in [0.25, 0.3) is 138 Å². The van der Waals surface area contributed by atoms with Crippen molar-refractivity contribution in [2.45, 2.75) is 0 Å². The van der Waals surface area contributed by atoms with Gasteiger partial charge in [0.1, 0.15) is 11.2 Å². The maximum absolute atomic E-state index is 6.49. The van der Waals surface area contributed by atoms with Crippen LogP contribution < -0.4 is 0 Å². The molecule has 0 saturated carbocycles. The molecule has 0 radical (unpaired) electrons. The van der Waals surface area contributed by atoms with Crippen LogP contribution in [0.4, 0.5) is 0 Å². The molecule has 346 valence electrons. The lowest BCUT2D eigenvalue weighted by atomic mass is 9.93. The minimum absolute atomic E-state index is 0.877. The summed E-state index contributed by atoms with van der Waals surface area (Å²) in [6.45, 7) is 0. The first-order chi connectivity index (χ1) is 36.6. The van der Waals surface area contributed by atoms with E-state index in [2.05, 4.69) is 290 Å². The van der Waals surface area contributed by atoms with Crippen LogP contribution in [-0.2, 0) is 0 Å². The Kier molecular flexibility index (Phi) is 10.6. The molecule has 0 unspecified atom stereocenters. The van der Waals surface area contributed by atoms with Crippen molar-refractivity contribution in [3.05, 3.63) is 285 Å². The van der Waals surface area contributed by atoms with Crippen LogP contribution in [-0.4, -0.2) is 4.57 Å². The van der Waals surface area contributed by atoms with Crippen molar-refractivity contribution < 1.29 is 4.42 Å². The van der Waals surface area contributed by atoms with Gasteiger partial charge in [0.2, 0.25) is 0 Å². The van der Waals surface area contributed by atoms with Gasteiger partial charge in [-0.05, 0) is 174 Å². The summed E-state index contributed by atoms with van der Waals surface area (Å²) < 4.78 is 8.88. The fraction of sp³-hybridized carbons (Fsp3) is 0. The second-order valence-electron chi connectivity index (χ2n) is 19.3. The quantitative estimate of drug-likeness (QED) is 0.141. The minimum Gasteiger partial charge on any atom is -0.456 e. The Hall–Kier alpha value is -9.76. The zero-order valence-electron chi connectivity index (χ0n) is 40.5. The Labute approximate surface area is 430 Å². The summed E-state index contributed by atoms with van der Waals surface area (Å²) in [4.78, 5) is 0. The fourth-order valence-electron chi connectivity index (χ4n) is 11.0. The first-order valence-corrected chi connectivity index (χ1v) is 25.4. The molecule has 0 aliphatic heterocycles. The Balaban J connectivity index is 0.753. The first kappa shape index (κ1) is 43.1. The third-order valence-electron chi connectivity index (χ3n) is 14.8. The van der Waals surface area contributed by atoms with E-state index in [0.717, 1.165) is 38.8 Å². The van der Waals surface area contributed by atoms with Crippen LogP contribution in [0.15, 0.2) is 290 Å². The number of rotatable bonds is 9. The SMILES string of the molecule is c1ccc(-c2cccc(-c3cccc(-c4cccc(-c5cccc(-c6cccc(-c7cccc(-c8ccc9oc%10ccc(-n%11c%12ccccc%12c%12cc(-c%13ccccc%13)ccc%12%11)cc%10c9c8)c7)c6)c5)c4)c3)c2)cc1. The van der Waals surface area contributed by atoms with Gasteiger partial charge >= 0.3 is 0 Å². The molecule has 2 aromatic heterocycles. The molecule has 0 N–H and O–H groups in total. The van der Waals surface area contributed by atoms with Gasteiger partial charge in [0, 0.05) is 27.2 Å². The number of hydrogen-bond acceptors (Lipinski definition) is 1. The Morgan fingerprint density at radius 2 is 0.500 bits per heavy atom. The second-order valence-corrected chi connectivity index (χ2v) is 19.3. The van der Waals surface area contributed by atoms with Crippen LogP contribution in [0.1, 0.15) is 0 Å². The van der Waals surface area contributed by atoms with Gasteiger partial charge in [-0.3, -0.25) is 0 Å². The molecule has 0 aliphatic rings. The molecule has 0 saturated heterocycles. The Morgan fingerprint density at radius 1 is 0.189 bits per heavy atom. The summed E-state index contributed by atoms with van der Waals surface area (Å²) in [6, 6.07) is 103. The van der Waals surface area contributed by atoms with Crippen LogP contribution in [0.5, 0.6) is 0 Å². The summed E-state index contributed by atoms with van der Waals surface area (Å²) in [7, 11) is 0. The maximum Gasteiger partial charge on any atom is 0.135 e. The van der Waals surface area contributed by atoms with Gasteiger partial charge in [0.05, 0.1) is 11.0 Å². The highest BCUT2D eigenvalue weighted by atomic mass is 16.3. The molecular weight excluding hydrogens is 895 g/mol. The summed E-state index contributed by atoms with van der Waals surface area (Å²) >= 11 is 0. The van der Waals surface area contributed by atoms with E-state index in [4.69, 9.17) is 4.42 Å². The van der Waals surface area contributed by atoms with Crippen molar-refractivity contribution >= 4 is 43.7 Å². The summed E-state index contributed by atoms with van der Waals surface area (Å²) in [6.07, 6.45) is 0. The highest BCUT2D eigenvalue weighted by Crippen LogP contribution is 2.40. The summed E-state index contributed by atoms with van der Waals surface area (Å²) in [5.41, 5.74) is 24.3. The molecule has 0 amide bonds. The van der Waals surface area contributed by atoms with E-state index in [1.165, 1.54) is 99.7 Å². The zero-order valence-corrected chi connectivity index (χ0v) is 40.5. The molecule has 0 bridgehead atoms. The zero-order chi connectivity index (χ0) is 49.0. The van der Waals surface area contributed by atoms with Gasteiger partial charge in [-0.15, -0.1) is 0 Å². The maximum atomic E-state index is 6.49. The molecule has 0 atom stereocenters. The third kappa shape index (κ3) is 7.87. The fourth-order valence-corrected chi connectivity index (χ4v) is 11.0. The van der Waals surface area contributed by atoms with Crippen LogP contribution >= 0.6 is 0 Å². The van der Waals surface area contributed by atoms with Crippen LogP contribution in [0.2, 0.25) is 0 Å². The third-order valence-corrected chi connectivity index (χ3v) is 14.8. The number of benzene rings is 12. The standard InChI is InChI=1S/C72H47NO/c1-3-15-48(16-4-1)50-19-9-20-51(39-50)52-21-10-22-53(40-52)54-23-11-24-55(41-54)56-25-12-26-57(42-56)58-27-13-28-59(43-58)60-29-14-30-61(44-60)63-34-37-71-67(46-63)68-47-64(35-38-72(68)74-71)73-69-32-8-7-31-65(69)66-45-62(33-36-70(66)73)49-17-5-2-6-18-49/h1-47H. The van der Waals surface area contributed by atoms with E-state index in [-0.39, 0.29) is 0 Å². The molecule has 14 aromatic rings. The molecule has 2 heterocycles. The molecule has 14 rings (SSSR count). The predicted molar refractivity (Wildman–Crippen MR) is 312 cm³/mol. The van der Waals surface area contributed by atoms with E-state index in [0.29, 0.717) is 0 Å². The van der Waals surface area contributed by atoms with E-state index >= 15 is 0 Å². The molecule has 2 nitrogen and oxygen atoms in total. The predicted octanol–water partition coefficient (Wildman–Crippen LogP) is 20.0. The lowest BCUT2D eigenvalue weighted by Gasteiger charge is -2.11. The molecule has 0 spiro atoms. The highest BCUT2D eigenvalue weighted by molar-refractivity contribution is 6.12. The lowest BCUT2D eigenvalue weighted by molar-refractivity contribution is 0.669. The lowest BCUT2D eigenvalue weighted by Crippen LogP contribution is -1.93. The smallest absolute Gasteiger partial charge is 0.135 e. The average molecular weight is 942 g/mol. The molecular formula is C72H47NO. The molecule has 2 heteroatoms. The van der Waals surface area contributed by atoms with Crippen LogP contribution in [0, 0.1) is 0 Å². The van der Waals surface area contributed by atoms with E-state index < -0.39 is 0 Å². The number of furan rings is 1. The van der Waals surface area contributed by atoms with Gasteiger partial charge in [-0.2, -0.15) is 0 Å². The van der Waals surface area contributed by atoms with Crippen molar-refractivity contribution in [2.24, 2.45) is 0 Å². The van der Waals surface area contributed by atoms with Gasteiger partial charge in [0.15, 0.2) is 0 Å². The van der Waals surface area contributed by atoms with Gasteiger partial charge < -0.3 is 8.98 Å². The topological polar surface area (TPSA) is 18.1 Å². The van der Waals surface area contributed by atoms with Crippen LogP contribution in [0.3, 0.4) is 0 Å². The van der Waals surface area contributed by atoms with E-state index in [9.17, 15) is 0 Å². The van der Waals surface area contributed by atoms with Crippen molar-refractivity contribution in [3.8, 4) is 94.7 Å². The molecule has 12 aromatic carbocycles. The first-order valence-electron chi connectivity index (χ1n) is 25.4. The molecule has 0 aliphatic carbocycles. The Morgan fingerprint density at radius 3 is 0.959 bits per heavy atom. The summed E-state index contributed by atoms with van der Waals surface area (Å²) in [5, 5.41) is 4.67. The summed E-state index contributed by atoms with van der Waals surface area (Å²) in [5.74, 6) is 0. The minimum atomic E-state index is 0.877. The van der Waals surface area contributed by atoms with Crippen molar-refractivity contribution in [2.75, 3.05) is 0 Å². The second kappa shape index (κ2) is 18.1. The van der Waals surface area contributed by atoms with E-state index in [1.54, 1.807) is 0 Å². The molecule has 74 heavy (non-hydrogen) atoms. The number of nitrogens with zero attached hydrogens (tertiary/aromatic N) is 1. The van der Waals surface area contributed by atoms with Gasteiger partial charge in [0.25, 0.3) is 0 Å². The van der Waals surface area contributed by atoms with E-state index in [1.807, 2.05) is 0 Å². The van der Waals surface area contributed by atoms with Gasteiger partial charge in [-0.1, -0.05) is 200 Å².